The van der Waals surface area contributed by atoms with Crippen LogP contribution in [0.15, 0.2) is 27.7 Å². The molecule has 19 heavy (non-hydrogen) atoms. The van der Waals surface area contributed by atoms with Crippen LogP contribution >= 0.6 is 23.3 Å². The van der Waals surface area contributed by atoms with Crippen molar-refractivity contribution in [2.45, 2.75) is 49.1 Å². The number of aromatic nitrogens is 3. The van der Waals surface area contributed by atoms with Crippen LogP contribution in [0.1, 0.15) is 32.2 Å². The van der Waals surface area contributed by atoms with Crippen LogP contribution in [0.4, 0.5) is 0 Å². The zero-order chi connectivity index (χ0) is 13.7. The summed E-state index contributed by atoms with van der Waals surface area (Å²) in [5.74, 6) is 0.908. The third-order valence-electron chi connectivity index (χ3n) is 2.50. The Hall–Kier alpha value is -0.980. The summed E-state index contributed by atoms with van der Waals surface area (Å²) >= 11 is 3.04. The fourth-order valence-electron chi connectivity index (χ4n) is 1.47. The second-order valence-corrected chi connectivity index (χ2v) is 6.42. The fourth-order valence-corrected chi connectivity index (χ4v) is 3.17. The number of pyridine rings is 1. The van der Waals surface area contributed by atoms with E-state index in [1.54, 1.807) is 11.8 Å². The summed E-state index contributed by atoms with van der Waals surface area (Å²) in [6, 6.07) is 4.54. The third kappa shape index (κ3) is 4.26. The van der Waals surface area contributed by atoms with Crippen molar-refractivity contribution in [3.63, 3.8) is 0 Å². The van der Waals surface area contributed by atoms with Crippen molar-refractivity contribution in [1.29, 1.82) is 0 Å². The Labute approximate surface area is 122 Å². The third-order valence-corrected chi connectivity index (χ3v) is 4.35. The van der Waals surface area contributed by atoms with Crippen LogP contribution in [0.3, 0.4) is 0 Å². The van der Waals surface area contributed by atoms with Crippen LogP contribution in [-0.4, -0.2) is 20.4 Å². The first-order valence-corrected chi connectivity index (χ1v) is 7.95. The van der Waals surface area contributed by atoms with Gasteiger partial charge < -0.3 is 5.32 Å². The van der Waals surface area contributed by atoms with Gasteiger partial charge in [-0.1, -0.05) is 26.8 Å². The monoisotopic (exact) mass is 294 g/mol. The number of aryl methyl sites for hydroxylation is 1. The lowest BCUT2D eigenvalue weighted by molar-refractivity contribution is 0.582. The minimum Gasteiger partial charge on any atom is -0.310 e. The van der Waals surface area contributed by atoms with Crippen molar-refractivity contribution < 1.29 is 0 Å². The zero-order valence-electron chi connectivity index (χ0n) is 11.4. The minimum absolute atomic E-state index is 0.464. The quantitative estimate of drug-likeness (QED) is 0.887. The van der Waals surface area contributed by atoms with Crippen LogP contribution in [-0.2, 0) is 13.0 Å². The summed E-state index contributed by atoms with van der Waals surface area (Å²) in [4.78, 5) is 8.92. The maximum Gasteiger partial charge on any atom is 0.176 e. The van der Waals surface area contributed by atoms with Gasteiger partial charge in [0, 0.05) is 25.2 Å². The lowest BCUT2D eigenvalue weighted by Gasteiger charge is -2.10. The number of rotatable bonds is 6. The molecule has 0 bridgehead atoms. The second-order valence-electron chi connectivity index (χ2n) is 4.44. The van der Waals surface area contributed by atoms with E-state index in [0.717, 1.165) is 28.2 Å². The summed E-state index contributed by atoms with van der Waals surface area (Å²) in [6.45, 7) is 7.17. The second kappa shape index (κ2) is 6.98. The summed E-state index contributed by atoms with van der Waals surface area (Å²) in [5, 5.41) is 4.43. The lowest BCUT2D eigenvalue weighted by atomic mass is 10.2. The molecule has 2 aromatic rings. The molecule has 0 saturated carbocycles. The summed E-state index contributed by atoms with van der Waals surface area (Å²) in [6.07, 6.45) is 2.70. The molecule has 2 rings (SSSR count). The summed E-state index contributed by atoms with van der Waals surface area (Å²) in [7, 11) is 0. The molecule has 1 N–H and O–H groups in total. The normalized spacial score (nSPS) is 11.2. The Bertz CT molecular complexity index is 525. The van der Waals surface area contributed by atoms with Crippen molar-refractivity contribution in [1.82, 2.24) is 19.7 Å². The Morgan fingerprint density at radius 2 is 2.26 bits per heavy atom. The Kier molecular flexibility index (Phi) is 5.30. The van der Waals surface area contributed by atoms with E-state index in [-0.39, 0.29) is 0 Å². The fraction of sp³-hybridized carbons (Fsp3) is 0.462. The van der Waals surface area contributed by atoms with Gasteiger partial charge in [0.15, 0.2) is 4.34 Å². The number of hydrogen-bond donors (Lipinski definition) is 1. The molecular formula is C13H18N4S2. The van der Waals surface area contributed by atoms with Gasteiger partial charge in [0.05, 0.1) is 0 Å². The van der Waals surface area contributed by atoms with Gasteiger partial charge in [-0.3, -0.25) is 0 Å². The van der Waals surface area contributed by atoms with E-state index in [2.05, 4.69) is 46.5 Å². The standard InChI is InChI=1S/C13H18N4S2/c1-4-11-16-13(19-17-11)18-12-10(6-5-7-14-12)8-15-9(2)3/h5-7,9,15H,4,8H2,1-3H3. The van der Waals surface area contributed by atoms with E-state index in [9.17, 15) is 0 Å². The minimum atomic E-state index is 0.464. The largest absolute Gasteiger partial charge is 0.310 e. The Balaban J connectivity index is 2.10. The predicted octanol–water partition coefficient (Wildman–Crippen LogP) is 3.14. The predicted molar refractivity (Wildman–Crippen MR) is 79.6 cm³/mol. The number of nitrogens with one attached hydrogen (secondary N) is 1. The molecule has 0 aromatic carbocycles. The van der Waals surface area contributed by atoms with Gasteiger partial charge in [-0.15, -0.1) is 0 Å². The molecule has 0 unspecified atom stereocenters. The maximum atomic E-state index is 4.47. The number of nitrogens with zero attached hydrogens (tertiary/aromatic N) is 3. The average Bonchev–Trinajstić information content (AvgIpc) is 2.85. The molecule has 0 aliphatic rings. The van der Waals surface area contributed by atoms with Gasteiger partial charge >= 0.3 is 0 Å². The van der Waals surface area contributed by atoms with Crippen LogP contribution < -0.4 is 5.32 Å². The molecule has 0 aliphatic heterocycles. The Morgan fingerprint density at radius 1 is 1.42 bits per heavy atom. The van der Waals surface area contributed by atoms with E-state index >= 15 is 0 Å². The molecule has 6 heteroatoms. The maximum absolute atomic E-state index is 4.47. The van der Waals surface area contributed by atoms with Crippen molar-refractivity contribution in [3.8, 4) is 0 Å². The molecule has 0 atom stereocenters. The van der Waals surface area contributed by atoms with Crippen LogP contribution in [0, 0.1) is 0 Å². The first-order valence-electron chi connectivity index (χ1n) is 6.36. The smallest absolute Gasteiger partial charge is 0.176 e. The van der Waals surface area contributed by atoms with Gasteiger partial charge in [-0.25, -0.2) is 9.97 Å². The molecule has 2 heterocycles. The average molecular weight is 294 g/mol. The molecule has 0 saturated heterocycles. The van der Waals surface area contributed by atoms with Crippen LogP contribution in [0.5, 0.6) is 0 Å². The summed E-state index contributed by atoms with van der Waals surface area (Å²) in [5.41, 5.74) is 1.20. The first-order chi connectivity index (χ1) is 9.19. The van der Waals surface area contributed by atoms with E-state index in [0.29, 0.717) is 6.04 Å². The topological polar surface area (TPSA) is 50.7 Å². The SMILES string of the molecule is CCc1nsc(Sc2ncccc2CNC(C)C)n1. The Morgan fingerprint density at radius 3 is 2.95 bits per heavy atom. The summed E-state index contributed by atoms with van der Waals surface area (Å²) < 4.78 is 5.26. The molecular weight excluding hydrogens is 276 g/mol. The lowest BCUT2D eigenvalue weighted by Crippen LogP contribution is -2.22. The first kappa shape index (κ1) is 14.4. The van der Waals surface area contributed by atoms with Crippen molar-refractivity contribution in [2.75, 3.05) is 0 Å². The highest BCUT2D eigenvalue weighted by Gasteiger charge is 2.09. The zero-order valence-corrected chi connectivity index (χ0v) is 13.0. The van der Waals surface area contributed by atoms with Crippen LogP contribution in [0.2, 0.25) is 0 Å². The highest BCUT2D eigenvalue weighted by molar-refractivity contribution is 8.00. The highest BCUT2D eigenvalue weighted by Crippen LogP contribution is 2.29. The van der Waals surface area contributed by atoms with Crippen molar-refractivity contribution >= 4 is 23.3 Å². The molecule has 2 aromatic heterocycles. The van der Waals surface area contributed by atoms with Crippen molar-refractivity contribution in [2.24, 2.45) is 0 Å². The number of hydrogen-bond acceptors (Lipinski definition) is 6. The molecule has 0 amide bonds. The van der Waals surface area contributed by atoms with E-state index in [1.165, 1.54) is 17.1 Å². The van der Waals surface area contributed by atoms with Gasteiger partial charge in [0.25, 0.3) is 0 Å². The molecule has 0 fully saturated rings. The van der Waals surface area contributed by atoms with Crippen LogP contribution in [0.25, 0.3) is 0 Å². The van der Waals surface area contributed by atoms with Gasteiger partial charge in [0.1, 0.15) is 10.9 Å². The van der Waals surface area contributed by atoms with Crippen molar-refractivity contribution in [3.05, 3.63) is 29.7 Å². The van der Waals surface area contributed by atoms with Gasteiger partial charge in [-0.05, 0) is 34.9 Å². The van der Waals surface area contributed by atoms with E-state index in [1.807, 2.05) is 12.3 Å². The molecule has 0 radical (unpaired) electrons. The van der Waals surface area contributed by atoms with Gasteiger partial charge in [0.2, 0.25) is 0 Å². The molecule has 4 nitrogen and oxygen atoms in total. The van der Waals surface area contributed by atoms with Gasteiger partial charge in [-0.2, -0.15) is 4.37 Å². The molecule has 102 valence electrons. The molecule has 0 aliphatic carbocycles. The van der Waals surface area contributed by atoms with E-state index in [4.69, 9.17) is 0 Å². The molecule has 0 spiro atoms. The van der Waals surface area contributed by atoms with E-state index < -0.39 is 0 Å². The highest BCUT2D eigenvalue weighted by atomic mass is 32.2.